The lowest BCUT2D eigenvalue weighted by atomic mass is 9.44. The van der Waals surface area contributed by atoms with E-state index in [-0.39, 0.29) is 28.4 Å². The highest BCUT2D eigenvalue weighted by molar-refractivity contribution is 5.83. The van der Waals surface area contributed by atoms with Crippen molar-refractivity contribution in [3.05, 3.63) is 11.1 Å². The molecule has 33 atom stereocenters. The van der Waals surface area contributed by atoms with Crippen LogP contribution in [0, 0.1) is 28.1 Å². The molecule has 0 aromatic rings. The van der Waals surface area contributed by atoms with E-state index in [9.17, 15) is 81.1 Å². The number of rotatable bonds is 16. The minimum Gasteiger partial charge on any atom is -0.456 e. The second-order valence-corrected chi connectivity index (χ2v) is 27.0. The third kappa shape index (κ3) is 11.4. The zero-order valence-electron chi connectivity index (χ0n) is 50.5. The SMILES string of the molecule is CCC(=O)C1CC(C)C2(CCC3(C)C4=C(CCC32C)C2(C)CCC(OC3OC(COC5OCC(O)C(O)C5OC5OC(CO)C(O)C(OC6OC(CO)C(O)C(O)C6O)C5OC5OC(C)C(O)C(O)C5O)C(O)C(O)C3O)C(C)(OC(C)=O)C2CC4)O1. The first-order valence-electron chi connectivity index (χ1n) is 30.9. The van der Waals surface area contributed by atoms with E-state index in [0.29, 0.717) is 38.5 Å². The fourth-order valence-corrected chi connectivity index (χ4v) is 17.1. The molecule has 28 nitrogen and oxygen atoms in total. The number of allylic oxidation sites excluding steroid dienone is 2. The van der Waals surface area contributed by atoms with Gasteiger partial charge in [0.25, 0.3) is 0 Å². The molecule has 10 rings (SSSR count). The van der Waals surface area contributed by atoms with Crippen molar-refractivity contribution in [1.29, 1.82) is 0 Å². The number of hydrogen-bond acceptors (Lipinski definition) is 28. The summed E-state index contributed by atoms with van der Waals surface area (Å²) in [5.41, 5.74) is 0.0514. The molecule has 6 heterocycles. The highest BCUT2D eigenvalue weighted by Crippen LogP contribution is 2.75. The predicted octanol–water partition coefficient (Wildman–Crippen LogP) is -3.29. The van der Waals surface area contributed by atoms with Crippen LogP contribution in [-0.2, 0) is 66.4 Å². The van der Waals surface area contributed by atoms with Crippen molar-refractivity contribution in [2.24, 2.45) is 28.1 Å². The first kappa shape index (κ1) is 67.8. The van der Waals surface area contributed by atoms with Gasteiger partial charge < -0.3 is 128 Å². The Morgan fingerprint density at radius 2 is 1.15 bits per heavy atom. The maximum atomic E-state index is 13.3. The van der Waals surface area contributed by atoms with Gasteiger partial charge in [0, 0.05) is 24.7 Å². The quantitative estimate of drug-likeness (QED) is 0.0532. The molecule has 4 aliphatic carbocycles. The van der Waals surface area contributed by atoms with Crippen LogP contribution in [0.4, 0.5) is 0 Å². The number of esters is 1. The summed E-state index contributed by atoms with van der Waals surface area (Å²) in [5.74, 6) is -0.521. The Bertz CT molecular complexity index is 2460. The molecule has 10 aliphatic rings. The lowest BCUT2D eigenvalue weighted by Crippen LogP contribution is -2.68. The van der Waals surface area contributed by atoms with E-state index in [0.717, 1.165) is 25.7 Å². The van der Waals surface area contributed by atoms with Gasteiger partial charge in [-0.05, 0) is 88.4 Å². The molecule has 0 aromatic heterocycles. The van der Waals surface area contributed by atoms with Crippen molar-refractivity contribution in [1.82, 2.24) is 0 Å². The van der Waals surface area contributed by atoms with Crippen LogP contribution in [0.1, 0.15) is 120 Å². The molecule has 0 bridgehead atoms. The van der Waals surface area contributed by atoms with E-state index in [1.807, 2.05) is 13.8 Å². The average Bonchev–Trinajstić information content (AvgIpc) is 1.59. The fourth-order valence-electron chi connectivity index (χ4n) is 17.1. The fraction of sp³-hybridized carbons (Fsp3) is 0.932. The van der Waals surface area contributed by atoms with Crippen molar-refractivity contribution in [3.63, 3.8) is 0 Å². The standard InChI is InChI=1S/C59H94O28/c1-9-28(63)30-18-23(2)59(87-30)17-16-56(6)27-10-11-34-55(5,26(27)12-15-57(56,59)7)14-13-35(58(34,8)86-25(4)62)82-51-45(74)43(72)39(68)33(81-51)22-77-53-48(37(66)29(64)21-76-53)84-54-49(85-50-44(73)41(70)36(65)24(3)78-50)47(40(69)32(20-61)80-54)83-52-46(75)42(71)38(67)31(19-60)79-52/h23-24,29-54,60-61,64-75H,9-22H2,1-8H3. The molecular weight excluding hydrogens is 1160 g/mol. The van der Waals surface area contributed by atoms with Crippen LogP contribution in [0.3, 0.4) is 0 Å². The number of hydrogen-bond donors (Lipinski definition) is 14. The zero-order chi connectivity index (χ0) is 63.4. The topological polar surface area (TPSA) is 428 Å². The molecule has 33 unspecified atom stereocenters. The molecule has 14 N–H and O–H groups in total. The Balaban J connectivity index is 0.873. The number of fused-ring (bicyclic) bond motifs is 5. The second kappa shape index (κ2) is 25.6. The van der Waals surface area contributed by atoms with Crippen LogP contribution < -0.4 is 0 Å². The lowest BCUT2D eigenvalue weighted by Gasteiger charge is -2.63. The van der Waals surface area contributed by atoms with Gasteiger partial charge in [-0.25, -0.2) is 0 Å². The summed E-state index contributed by atoms with van der Waals surface area (Å²) in [6.45, 7) is 12.4. The Labute approximate surface area is 504 Å². The van der Waals surface area contributed by atoms with E-state index in [2.05, 4.69) is 27.7 Å². The first-order chi connectivity index (χ1) is 40.9. The van der Waals surface area contributed by atoms with E-state index < -0.39 is 209 Å². The third-order valence-electron chi connectivity index (χ3n) is 22.4. The smallest absolute Gasteiger partial charge is 0.303 e. The maximum Gasteiger partial charge on any atom is 0.303 e. The van der Waals surface area contributed by atoms with Crippen LogP contribution in [-0.4, -0.2) is 281 Å². The molecule has 498 valence electrons. The molecule has 6 aliphatic heterocycles. The predicted molar refractivity (Wildman–Crippen MR) is 290 cm³/mol. The van der Waals surface area contributed by atoms with Gasteiger partial charge in [0.1, 0.15) is 128 Å². The minimum atomic E-state index is -2.06. The Hall–Kier alpha value is -2.12. The molecule has 1 spiro atoms. The number of ether oxygens (including phenoxy) is 12. The third-order valence-corrected chi connectivity index (χ3v) is 22.4. The summed E-state index contributed by atoms with van der Waals surface area (Å²) >= 11 is 0. The molecule has 6 saturated heterocycles. The van der Waals surface area contributed by atoms with Gasteiger partial charge in [0.2, 0.25) is 0 Å². The summed E-state index contributed by atoms with van der Waals surface area (Å²) in [5, 5.41) is 154. The van der Waals surface area contributed by atoms with Gasteiger partial charge >= 0.3 is 5.97 Å². The number of Topliss-reactive ketones (excluding diaryl/α,β-unsaturated/α-hetero) is 1. The summed E-state index contributed by atoms with van der Waals surface area (Å²) in [6.07, 6.45) is -38.3. The van der Waals surface area contributed by atoms with Crippen molar-refractivity contribution < 1.29 is 138 Å². The van der Waals surface area contributed by atoms with E-state index in [1.54, 1.807) is 0 Å². The minimum absolute atomic E-state index is 0.134. The number of ketones is 1. The monoisotopic (exact) mass is 1250 g/mol. The average molecular weight is 1250 g/mol. The molecule has 0 radical (unpaired) electrons. The Morgan fingerprint density at radius 3 is 1.79 bits per heavy atom. The van der Waals surface area contributed by atoms with Crippen LogP contribution in [0.15, 0.2) is 11.1 Å². The van der Waals surface area contributed by atoms with Crippen molar-refractivity contribution in [3.8, 4) is 0 Å². The van der Waals surface area contributed by atoms with Crippen LogP contribution in [0.25, 0.3) is 0 Å². The van der Waals surface area contributed by atoms with Gasteiger partial charge in [-0.3, -0.25) is 9.59 Å². The molecule has 87 heavy (non-hydrogen) atoms. The van der Waals surface area contributed by atoms with E-state index in [4.69, 9.17) is 56.8 Å². The lowest BCUT2D eigenvalue weighted by molar-refractivity contribution is -0.406. The molecule has 8 fully saturated rings. The highest BCUT2D eigenvalue weighted by Gasteiger charge is 2.72. The van der Waals surface area contributed by atoms with E-state index >= 15 is 0 Å². The van der Waals surface area contributed by atoms with Crippen LogP contribution >= 0.6 is 0 Å². The van der Waals surface area contributed by atoms with E-state index in [1.165, 1.54) is 25.0 Å². The Kier molecular flexibility index (Phi) is 20.0. The molecule has 0 aromatic carbocycles. The van der Waals surface area contributed by atoms with Crippen LogP contribution in [0.5, 0.6) is 0 Å². The number of carbonyl (C=O) groups excluding carboxylic acids is 2. The molecule has 0 amide bonds. The summed E-state index contributed by atoms with van der Waals surface area (Å²) in [6, 6.07) is 0. The maximum absolute atomic E-state index is 13.3. The van der Waals surface area contributed by atoms with Crippen molar-refractivity contribution in [2.75, 3.05) is 26.4 Å². The normalized spacial score (nSPS) is 53.6. The van der Waals surface area contributed by atoms with Gasteiger partial charge in [-0.1, -0.05) is 45.8 Å². The summed E-state index contributed by atoms with van der Waals surface area (Å²) in [4.78, 5) is 26.3. The van der Waals surface area contributed by atoms with Crippen molar-refractivity contribution in [2.45, 2.75) is 290 Å². The number of aliphatic hydroxyl groups excluding tert-OH is 14. The zero-order valence-corrected chi connectivity index (χ0v) is 50.5. The Morgan fingerprint density at radius 1 is 0.575 bits per heavy atom. The highest BCUT2D eigenvalue weighted by atomic mass is 16.8. The molecule has 2 saturated carbocycles. The largest absolute Gasteiger partial charge is 0.456 e. The molecule has 28 heteroatoms. The summed E-state index contributed by atoms with van der Waals surface area (Å²) in [7, 11) is 0. The van der Waals surface area contributed by atoms with Crippen molar-refractivity contribution >= 4 is 11.8 Å². The van der Waals surface area contributed by atoms with Gasteiger partial charge in [0.05, 0.1) is 38.1 Å². The van der Waals surface area contributed by atoms with Gasteiger partial charge in [-0.15, -0.1) is 0 Å². The second-order valence-electron chi connectivity index (χ2n) is 27.0. The number of carbonyl (C=O) groups is 2. The molecular formula is C59H94O28. The summed E-state index contributed by atoms with van der Waals surface area (Å²) < 4.78 is 73.7. The first-order valence-corrected chi connectivity index (χ1v) is 30.9. The van der Waals surface area contributed by atoms with Crippen LogP contribution in [0.2, 0.25) is 0 Å². The number of aliphatic hydroxyl groups is 14. The van der Waals surface area contributed by atoms with Gasteiger partial charge in [0.15, 0.2) is 37.2 Å². The van der Waals surface area contributed by atoms with Gasteiger partial charge in [-0.2, -0.15) is 0 Å².